The normalized spacial score (nSPS) is 22.3. The van der Waals surface area contributed by atoms with Crippen LogP contribution in [0.2, 0.25) is 0 Å². The smallest absolute Gasteiger partial charge is 0.309 e. The Balaban J connectivity index is 1.53. The first kappa shape index (κ1) is 14.2. The Morgan fingerprint density at radius 1 is 1.39 bits per heavy atom. The molecule has 2 aromatic heterocycles. The van der Waals surface area contributed by atoms with Gasteiger partial charge < -0.3 is 19.3 Å². The first-order valence-corrected chi connectivity index (χ1v) is 8.02. The number of aromatic nitrogens is 2. The minimum absolute atomic E-state index is 0.148. The Morgan fingerprint density at radius 2 is 2.22 bits per heavy atom. The second-order valence-corrected chi connectivity index (χ2v) is 6.86. The van der Waals surface area contributed by atoms with Crippen LogP contribution >= 0.6 is 11.3 Å². The lowest BCUT2D eigenvalue weighted by Crippen LogP contribution is -2.62. The number of carbonyl (C=O) groups is 2. The molecule has 0 aliphatic carbocycles. The summed E-state index contributed by atoms with van der Waals surface area (Å²) in [5.41, 5.74) is 1.15. The van der Waals surface area contributed by atoms with Gasteiger partial charge in [0.15, 0.2) is 0 Å². The average Bonchev–Trinajstić information content (AvgIpc) is 3.22. The van der Waals surface area contributed by atoms with Crippen LogP contribution in [0.1, 0.15) is 9.67 Å². The van der Waals surface area contributed by atoms with Crippen LogP contribution < -0.4 is 4.90 Å². The molecule has 1 atom stereocenters. The number of likely N-dealkylation sites (tertiary alicyclic amines) is 1. The zero-order valence-corrected chi connectivity index (χ0v) is 12.9. The van der Waals surface area contributed by atoms with Crippen LogP contribution in [0.25, 0.3) is 0 Å². The lowest BCUT2D eigenvalue weighted by molar-refractivity contribution is -0.145. The Labute approximate surface area is 135 Å². The van der Waals surface area contributed by atoms with Gasteiger partial charge in [-0.15, -0.1) is 11.3 Å². The SMILES string of the molecule is O=C(O)[C@@H]1CN(C(=O)c2cncs2)CC12CN(c1ncco1)C2. The van der Waals surface area contributed by atoms with Crippen LogP contribution in [-0.2, 0) is 4.79 Å². The number of carboxylic acids is 1. The minimum Gasteiger partial charge on any atom is -0.481 e. The maximum atomic E-state index is 12.5. The fourth-order valence-corrected chi connectivity index (χ4v) is 4.07. The lowest BCUT2D eigenvalue weighted by atomic mass is 9.72. The van der Waals surface area contributed by atoms with E-state index < -0.39 is 17.3 Å². The third-order valence-electron chi connectivity index (χ3n) is 4.58. The number of amides is 1. The molecule has 8 nitrogen and oxygen atoms in total. The monoisotopic (exact) mass is 334 g/mol. The number of carbonyl (C=O) groups excluding carboxylic acids is 1. The molecule has 0 bridgehead atoms. The predicted molar refractivity (Wildman–Crippen MR) is 80.3 cm³/mol. The highest BCUT2D eigenvalue weighted by Gasteiger charge is 2.58. The van der Waals surface area contributed by atoms with Gasteiger partial charge in [0, 0.05) is 31.6 Å². The number of hydrogen-bond donors (Lipinski definition) is 1. The van der Waals surface area contributed by atoms with Crippen molar-refractivity contribution in [3.63, 3.8) is 0 Å². The molecule has 1 N–H and O–H groups in total. The van der Waals surface area contributed by atoms with Crippen molar-refractivity contribution in [3.8, 4) is 0 Å². The van der Waals surface area contributed by atoms with Crippen LogP contribution in [0.15, 0.2) is 28.6 Å². The molecule has 2 aliphatic rings. The van der Waals surface area contributed by atoms with E-state index in [0.717, 1.165) is 0 Å². The van der Waals surface area contributed by atoms with Crippen LogP contribution in [0, 0.1) is 11.3 Å². The number of nitrogens with zero attached hydrogens (tertiary/aromatic N) is 4. The fourth-order valence-electron chi connectivity index (χ4n) is 3.48. The van der Waals surface area contributed by atoms with Crippen molar-refractivity contribution in [3.05, 3.63) is 29.0 Å². The van der Waals surface area contributed by atoms with E-state index >= 15 is 0 Å². The molecule has 9 heteroatoms. The van der Waals surface area contributed by atoms with Crippen molar-refractivity contribution in [2.24, 2.45) is 11.3 Å². The summed E-state index contributed by atoms with van der Waals surface area (Å²) in [5.74, 6) is -1.59. The maximum Gasteiger partial charge on any atom is 0.309 e. The highest BCUT2D eigenvalue weighted by molar-refractivity contribution is 7.11. The van der Waals surface area contributed by atoms with Gasteiger partial charge in [-0.05, 0) is 0 Å². The second-order valence-electron chi connectivity index (χ2n) is 5.98. The molecule has 2 saturated heterocycles. The Hall–Kier alpha value is -2.42. The average molecular weight is 334 g/mol. The number of rotatable bonds is 3. The van der Waals surface area contributed by atoms with E-state index in [1.165, 1.54) is 23.8 Å². The van der Waals surface area contributed by atoms with Crippen LogP contribution in [0.5, 0.6) is 0 Å². The van der Waals surface area contributed by atoms with Crippen LogP contribution in [-0.4, -0.2) is 58.0 Å². The zero-order valence-electron chi connectivity index (χ0n) is 12.1. The standard InChI is InChI=1S/C14H14N4O4S/c19-11(10-3-15-8-23-10)17-4-9(12(20)21)14(5-17)6-18(7-14)13-16-1-2-22-13/h1-3,8-9H,4-7H2,(H,20,21)/t9-/m0/s1. The molecule has 1 spiro atoms. The highest BCUT2D eigenvalue weighted by Crippen LogP contribution is 2.45. The van der Waals surface area contributed by atoms with Crippen molar-refractivity contribution in [2.45, 2.75) is 0 Å². The van der Waals surface area contributed by atoms with Crippen molar-refractivity contribution in [2.75, 3.05) is 31.1 Å². The summed E-state index contributed by atoms with van der Waals surface area (Å²) in [7, 11) is 0. The first-order valence-electron chi connectivity index (χ1n) is 7.14. The molecule has 0 saturated carbocycles. The highest BCUT2D eigenvalue weighted by atomic mass is 32.1. The summed E-state index contributed by atoms with van der Waals surface area (Å²) >= 11 is 1.27. The summed E-state index contributed by atoms with van der Waals surface area (Å²) < 4.78 is 5.25. The molecule has 2 aliphatic heterocycles. The van der Waals surface area contributed by atoms with E-state index in [1.807, 2.05) is 4.90 Å². The predicted octanol–water partition coefficient (Wildman–Crippen LogP) is 0.794. The van der Waals surface area contributed by atoms with Crippen LogP contribution in [0.4, 0.5) is 6.01 Å². The zero-order chi connectivity index (χ0) is 16.0. The molecular formula is C14H14N4O4S. The summed E-state index contributed by atoms with van der Waals surface area (Å²) in [5, 5.41) is 9.56. The fraction of sp³-hybridized carbons (Fsp3) is 0.429. The number of aliphatic carboxylic acids is 1. The van der Waals surface area contributed by atoms with Gasteiger partial charge in [-0.1, -0.05) is 0 Å². The van der Waals surface area contributed by atoms with E-state index in [9.17, 15) is 14.7 Å². The largest absolute Gasteiger partial charge is 0.481 e. The Morgan fingerprint density at radius 3 is 2.83 bits per heavy atom. The molecule has 4 heterocycles. The summed E-state index contributed by atoms with van der Waals surface area (Å²) in [6, 6.07) is 0.493. The summed E-state index contributed by atoms with van der Waals surface area (Å²) in [4.78, 5) is 36.2. The van der Waals surface area contributed by atoms with Gasteiger partial charge in [0.05, 0.1) is 23.8 Å². The van der Waals surface area contributed by atoms with E-state index in [2.05, 4.69) is 9.97 Å². The van der Waals surface area contributed by atoms with E-state index in [-0.39, 0.29) is 12.5 Å². The van der Waals surface area contributed by atoms with E-state index in [0.29, 0.717) is 30.5 Å². The molecule has 23 heavy (non-hydrogen) atoms. The molecule has 2 aromatic rings. The topological polar surface area (TPSA) is 99.8 Å². The molecule has 0 radical (unpaired) electrons. The van der Waals surface area contributed by atoms with Gasteiger partial charge in [-0.2, -0.15) is 0 Å². The Kier molecular flexibility index (Phi) is 3.12. The molecule has 0 unspecified atom stereocenters. The maximum absolute atomic E-state index is 12.5. The number of carboxylic acid groups (broad SMARTS) is 1. The molecular weight excluding hydrogens is 320 g/mol. The molecule has 2 fully saturated rings. The number of anilines is 1. The van der Waals surface area contributed by atoms with Gasteiger partial charge in [0.2, 0.25) is 0 Å². The molecule has 1 amide bonds. The summed E-state index contributed by atoms with van der Waals surface area (Å²) in [6.07, 6.45) is 4.57. The van der Waals surface area contributed by atoms with Crippen molar-refractivity contribution in [1.82, 2.24) is 14.9 Å². The van der Waals surface area contributed by atoms with E-state index in [1.54, 1.807) is 16.6 Å². The third-order valence-corrected chi connectivity index (χ3v) is 5.34. The molecule has 120 valence electrons. The van der Waals surface area contributed by atoms with Crippen molar-refractivity contribution in [1.29, 1.82) is 0 Å². The summed E-state index contributed by atoms with van der Waals surface area (Å²) in [6.45, 7) is 1.71. The molecule has 0 aromatic carbocycles. The third kappa shape index (κ3) is 2.19. The lowest BCUT2D eigenvalue weighted by Gasteiger charge is -2.48. The molecule has 4 rings (SSSR count). The Bertz CT molecular complexity index is 724. The second kappa shape index (κ2) is 5.05. The minimum atomic E-state index is -0.864. The van der Waals surface area contributed by atoms with Crippen LogP contribution in [0.3, 0.4) is 0 Å². The van der Waals surface area contributed by atoms with Gasteiger partial charge >= 0.3 is 5.97 Å². The van der Waals surface area contributed by atoms with Gasteiger partial charge in [-0.3, -0.25) is 14.6 Å². The van der Waals surface area contributed by atoms with Gasteiger partial charge in [-0.25, -0.2) is 4.98 Å². The first-order chi connectivity index (χ1) is 11.1. The van der Waals surface area contributed by atoms with Crippen molar-refractivity contribution < 1.29 is 19.1 Å². The van der Waals surface area contributed by atoms with E-state index in [4.69, 9.17) is 4.42 Å². The van der Waals surface area contributed by atoms with Gasteiger partial charge in [0.1, 0.15) is 11.1 Å². The van der Waals surface area contributed by atoms with Gasteiger partial charge in [0.25, 0.3) is 11.9 Å². The number of hydrogen-bond acceptors (Lipinski definition) is 7. The van der Waals surface area contributed by atoms with Crippen molar-refractivity contribution >= 4 is 29.2 Å². The quantitative estimate of drug-likeness (QED) is 0.886. The number of oxazole rings is 1. The number of thiazole rings is 1.